The van der Waals surface area contributed by atoms with Crippen LogP contribution in [0.1, 0.15) is 0 Å². The van der Waals surface area contributed by atoms with Crippen LogP contribution in [0.2, 0.25) is 0 Å². The van der Waals surface area contributed by atoms with Crippen LogP contribution in [0.4, 0.5) is 5.82 Å². The third-order valence-electron chi connectivity index (χ3n) is 3.49. The van der Waals surface area contributed by atoms with Crippen molar-refractivity contribution in [3.8, 4) is 5.69 Å². The molecule has 0 radical (unpaired) electrons. The monoisotopic (exact) mass is 260 g/mol. The smallest absolute Gasteiger partial charge is 0.153 e. The maximum Gasteiger partial charge on any atom is 0.153 e. The molecule has 0 atom stereocenters. The van der Waals surface area contributed by atoms with Gasteiger partial charge in [0.1, 0.15) is 0 Å². The highest BCUT2D eigenvalue weighted by atomic mass is 15.3. The van der Waals surface area contributed by atoms with Crippen LogP contribution in [0.5, 0.6) is 0 Å². The van der Waals surface area contributed by atoms with Gasteiger partial charge in [0.25, 0.3) is 0 Å². The van der Waals surface area contributed by atoms with Crippen molar-refractivity contribution in [2.45, 2.75) is 0 Å². The fourth-order valence-corrected chi connectivity index (χ4v) is 2.49. The summed E-state index contributed by atoms with van der Waals surface area (Å²) in [6, 6.07) is 16.4. The van der Waals surface area contributed by atoms with Crippen LogP contribution in [0, 0.1) is 0 Å². The zero-order valence-corrected chi connectivity index (χ0v) is 10.7. The molecule has 96 valence electrons. The van der Waals surface area contributed by atoms with Gasteiger partial charge in [-0.15, -0.1) is 5.10 Å². The summed E-state index contributed by atoms with van der Waals surface area (Å²) in [6.45, 7) is 0. The average molecular weight is 260 g/mol. The van der Waals surface area contributed by atoms with Gasteiger partial charge in [0.2, 0.25) is 0 Å². The number of hydrogen-bond acceptors (Lipinski definition) is 3. The lowest BCUT2D eigenvalue weighted by Gasteiger charge is -2.05. The van der Waals surface area contributed by atoms with E-state index in [0.29, 0.717) is 5.82 Å². The van der Waals surface area contributed by atoms with Gasteiger partial charge in [-0.25, -0.2) is 4.68 Å². The minimum Gasteiger partial charge on any atom is -0.382 e. The third kappa shape index (κ3) is 1.55. The van der Waals surface area contributed by atoms with Crippen LogP contribution in [-0.4, -0.2) is 14.8 Å². The van der Waals surface area contributed by atoms with Gasteiger partial charge >= 0.3 is 0 Å². The maximum atomic E-state index is 5.97. The van der Waals surface area contributed by atoms with E-state index in [1.165, 1.54) is 10.8 Å². The second kappa shape index (κ2) is 4.06. The van der Waals surface area contributed by atoms with Gasteiger partial charge < -0.3 is 5.73 Å². The van der Waals surface area contributed by atoms with E-state index < -0.39 is 0 Å². The van der Waals surface area contributed by atoms with Crippen LogP contribution >= 0.6 is 0 Å². The first-order valence-electron chi connectivity index (χ1n) is 6.40. The summed E-state index contributed by atoms with van der Waals surface area (Å²) < 4.78 is 1.84. The maximum absolute atomic E-state index is 5.97. The Bertz CT molecular complexity index is 924. The van der Waals surface area contributed by atoms with Gasteiger partial charge in [-0.3, -0.25) is 4.98 Å². The van der Waals surface area contributed by atoms with Crippen molar-refractivity contribution in [2.24, 2.45) is 0 Å². The van der Waals surface area contributed by atoms with Gasteiger partial charge in [-0.05, 0) is 29.0 Å². The van der Waals surface area contributed by atoms with Gasteiger partial charge in [0, 0.05) is 11.6 Å². The van der Waals surface area contributed by atoms with E-state index in [1.807, 2.05) is 28.9 Å². The summed E-state index contributed by atoms with van der Waals surface area (Å²) in [4.78, 5) is 4.16. The Morgan fingerprint density at radius 2 is 1.80 bits per heavy atom. The first-order valence-corrected chi connectivity index (χ1v) is 6.40. The normalized spacial score (nSPS) is 11.2. The third-order valence-corrected chi connectivity index (χ3v) is 3.49. The number of anilines is 1. The Morgan fingerprint density at radius 3 is 2.70 bits per heavy atom. The number of rotatable bonds is 1. The van der Waals surface area contributed by atoms with E-state index in [4.69, 9.17) is 5.73 Å². The van der Waals surface area contributed by atoms with Crippen LogP contribution < -0.4 is 5.73 Å². The lowest BCUT2D eigenvalue weighted by molar-refractivity contribution is 0.916. The van der Waals surface area contributed by atoms with Gasteiger partial charge in [-0.2, -0.15) is 0 Å². The molecule has 4 heteroatoms. The number of nitrogen functional groups attached to an aromatic ring is 1. The molecule has 0 aliphatic carbocycles. The molecule has 0 amide bonds. The zero-order chi connectivity index (χ0) is 13.5. The topological polar surface area (TPSA) is 56.7 Å². The highest BCUT2D eigenvalue weighted by Crippen LogP contribution is 2.24. The van der Waals surface area contributed by atoms with Crippen molar-refractivity contribution in [2.75, 3.05) is 5.73 Å². The molecule has 0 spiro atoms. The standard InChI is InChI=1S/C16H12N4/c17-16-14-7-8-18-10-15(14)20(19-16)13-6-5-11-3-1-2-4-12(11)9-13/h1-10H,(H2,17,19). The molecular weight excluding hydrogens is 248 g/mol. The minimum absolute atomic E-state index is 0.524. The Balaban J connectivity index is 2.01. The first-order chi connectivity index (χ1) is 9.83. The van der Waals surface area contributed by atoms with Crippen molar-refractivity contribution in [3.05, 3.63) is 60.9 Å². The van der Waals surface area contributed by atoms with Crippen LogP contribution in [0.25, 0.3) is 27.4 Å². The number of nitrogens with two attached hydrogens (primary N) is 1. The predicted octanol–water partition coefficient (Wildman–Crippen LogP) is 3.16. The van der Waals surface area contributed by atoms with Crippen molar-refractivity contribution >= 4 is 27.5 Å². The molecule has 0 fully saturated rings. The number of hydrogen-bond donors (Lipinski definition) is 1. The molecule has 0 aliphatic rings. The molecule has 2 aromatic carbocycles. The van der Waals surface area contributed by atoms with E-state index in [1.54, 1.807) is 12.4 Å². The molecule has 0 bridgehead atoms. The fourth-order valence-electron chi connectivity index (χ4n) is 2.49. The van der Waals surface area contributed by atoms with Crippen LogP contribution in [0.3, 0.4) is 0 Å². The zero-order valence-electron chi connectivity index (χ0n) is 10.7. The molecule has 0 aliphatic heterocycles. The second-order valence-electron chi connectivity index (χ2n) is 4.72. The Hall–Kier alpha value is -2.88. The Morgan fingerprint density at radius 1 is 0.950 bits per heavy atom. The summed E-state index contributed by atoms with van der Waals surface area (Å²) in [5.74, 6) is 0.524. The highest BCUT2D eigenvalue weighted by molar-refractivity contribution is 5.90. The summed E-state index contributed by atoms with van der Waals surface area (Å²) in [6.07, 6.45) is 3.51. The van der Waals surface area contributed by atoms with E-state index >= 15 is 0 Å². The first kappa shape index (κ1) is 11.0. The predicted molar refractivity (Wildman–Crippen MR) is 80.8 cm³/mol. The fraction of sp³-hybridized carbons (Fsp3) is 0. The largest absolute Gasteiger partial charge is 0.382 e. The molecule has 2 aromatic heterocycles. The molecule has 20 heavy (non-hydrogen) atoms. The lowest BCUT2D eigenvalue weighted by Crippen LogP contribution is -1.97. The lowest BCUT2D eigenvalue weighted by atomic mass is 10.1. The summed E-state index contributed by atoms with van der Waals surface area (Å²) in [5.41, 5.74) is 7.87. The minimum atomic E-state index is 0.524. The van der Waals surface area contributed by atoms with Crippen molar-refractivity contribution in [1.82, 2.24) is 14.8 Å². The number of fused-ring (bicyclic) bond motifs is 2. The van der Waals surface area contributed by atoms with Crippen molar-refractivity contribution in [1.29, 1.82) is 0 Å². The molecule has 0 unspecified atom stereocenters. The quantitative estimate of drug-likeness (QED) is 0.572. The molecule has 4 aromatic rings. The summed E-state index contributed by atoms with van der Waals surface area (Å²) in [7, 11) is 0. The Kier molecular flexibility index (Phi) is 2.23. The highest BCUT2D eigenvalue weighted by Gasteiger charge is 2.09. The molecule has 2 heterocycles. The molecule has 4 rings (SSSR count). The number of benzene rings is 2. The number of aromatic nitrogens is 3. The Labute approximate surface area is 115 Å². The summed E-state index contributed by atoms with van der Waals surface area (Å²) in [5, 5.41) is 7.73. The molecule has 0 saturated heterocycles. The van der Waals surface area contributed by atoms with Crippen LogP contribution in [-0.2, 0) is 0 Å². The molecule has 0 saturated carbocycles. The molecule has 4 nitrogen and oxygen atoms in total. The molecule has 2 N–H and O–H groups in total. The SMILES string of the molecule is Nc1nn(-c2ccc3ccccc3c2)c2cnccc12. The number of pyridine rings is 1. The van der Waals surface area contributed by atoms with Gasteiger partial charge in [0.05, 0.1) is 17.4 Å². The van der Waals surface area contributed by atoms with Gasteiger partial charge in [-0.1, -0.05) is 30.3 Å². The summed E-state index contributed by atoms with van der Waals surface area (Å²) >= 11 is 0. The van der Waals surface area contributed by atoms with Gasteiger partial charge in [0.15, 0.2) is 5.82 Å². The second-order valence-corrected chi connectivity index (χ2v) is 4.72. The molecular formula is C16H12N4. The van der Waals surface area contributed by atoms with E-state index in [-0.39, 0.29) is 0 Å². The van der Waals surface area contributed by atoms with Crippen LogP contribution in [0.15, 0.2) is 60.9 Å². The van der Waals surface area contributed by atoms with E-state index in [0.717, 1.165) is 16.6 Å². The van der Waals surface area contributed by atoms with Crippen molar-refractivity contribution < 1.29 is 0 Å². The van der Waals surface area contributed by atoms with E-state index in [9.17, 15) is 0 Å². The number of nitrogens with zero attached hydrogens (tertiary/aromatic N) is 3. The average Bonchev–Trinajstić information content (AvgIpc) is 2.85. The van der Waals surface area contributed by atoms with Crippen molar-refractivity contribution in [3.63, 3.8) is 0 Å². The van der Waals surface area contributed by atoms with E-state index in [2.05, 4.69) is 34.3 Å².